The number of unbranched alkanes of at least 4 members (excludes halogenated alkanes) is 4. The van der Waals surface area contributed by atoms with Crippen molar-refractivity contribution in [3.05, 3.63) is 0 Å². The number of epoxide rings is 1. The van der Waals surface area contributed by atoms with E-state index in [1.54, 1.807) is 0 Å². The van der Waals surface area contributed by atoms with Crippen LogP contribution in [0.4, 0.5) is 0 Å². The zero-order valence-electron chi connectivity index (χ0n) is 8.09. The lowest BCUT2D eigenvalue weighted by Crippen LogP contribution is -2.26. The van der Waals surface area contributed by atoms with Crippen LogP contribution in [0.25, 0.3) is 0 Å². The number of hydrogen-bond donors (Lipinski definition) is 1. The minimum Gasteiger partial charge on any atom is -0.371 e. The second kappa shape index (κ2) is 5.55. The molecule has 2 N–H and O–H groups in total. The summed E-state index contributed by atoms with van der Waals surface area (Å²) < 4.78 is 5.12. The maximum absolute atomic E-state index is 5.87. The van der Waals surface area contributed by atoms with Gasteiger partial charge in [-0.05, 0) is 6.42 Å². The first-order valence-corrected chi connectivity index (χ1v) is 5.21. The van der Waals surface area contributed by atoms with Gasteiger partial charge in [0.05, 0.1) is 12.7 Å². The molecule has 2 unspecified atom stereocenters. The first kappa shape index (κ1) is 10.0. The molecule has 0 spiro atoms. The van der Waals surface area contributed by atoms with E-state index in [4.69, 9.17) is 10.5 Å². The number of rotatable bonds is 7. The summed E-state index contributed by atoms with van der Waals surface area (Å²) in [5.41, 5.74) is 5.87. The molecule has 0 amide bonds. The molecule has 1 aliphatic heterocycles. The molecule has 1 heterocycles. The zero-order valence-corrected chi connectivity index (χ0v) is 8.09. The third-order valence-electron chi connectivity index (χ3n) is 2.48. The van der Waals surface area contributed by atoms with E-state index in [0.29, 0.717) is 12.1 Å². The van der Waals surface area contributed by atoms with Crippen LogP contribution in [0.2, 0.25) is 0 Å². The lowest BCUT2D eigenvalue weighted by atomic mass is 10.1. The summed E-state index contributed by atoms with van der Waals surface area (Å²) in [6.07, 6.45) is 8.22. The molecule has 0 aliphatic carbocycles. The predicted octanol–water partition coefficient (Wildman–Crippen LogP) is 2.07. The van der Waals surface area contributed by atoms with Crippen LogP contribution in [-0.4, -0.2) is 18.8 Å². The molecular weight excluding hydrogens is 150 g/mol. The van der Waals surface area contributed by atoms with Crippen molar-refractivity contribution in [1.82, 2.24) is 0 Å². The molecule has 2 atom stereocenters. The molecule has 72 valence electrons. The summed E-state index contributed by atoms with van der Waals surface area (Å²) in [5, 5.41) is 0. The highest BCUT2D eigenvalue weighted by Gasteiger charge is 2.29. The van der Waals surface area contributed by atoms with Crippen molar-refractivity contribution >= 4 is 0 Å². The highest BCUT2D eigenvalue weighted by Crippen LogP contribution is 2.17. The van der Waals surface area contributed by atoms with E-state index < -0.39 is 0 Å². The van der Waals surface area contributed by atoms with E-state index in [9.17, 15) is 0 Å². The van der Waals surface area contributed by atoms with Crippen LogP contribution in [0.15, 0.2) is 0 Å². The standard InChI is InChI=1S/C10H21NO/c1-2-3-4-5-6-7-9(11)10-8-12-10/h9-10H,2-8,11H2,1H3. The van der Waals surface area contributed by atoms with Gasteiger partial charge in [-0.1, -0.05) is 39.0 Å². The van der Waals surface area contributed by atoms with E-state index in [-0.39, 0.29) is 0 Å². The van der Waals surface area contributed by atoms with Crippen molar-refractivity contribution in [2.24, 2.45) is 5.73 Å². The molecular formula is C10H21NO. The molecule has 1 aliphatic rings. The molecule has 2 nitrogen and oxygen atoms in total. The lowest BCUT2D eigenvalue weighted by molar-refractivity contribution is 0.359. The summed E-state index contributed by atoms with van der Waals surface area (Å²) >= 11 is 0. The smallest absolute Gasteiger partial charge is 0.0960 e. The first-order chi connectivity index (χ1) is 5.84. The van der Waals surface area contributed by atoms with Gasteiger partial charge in [0, 0.05) is 6.04 Å². The Hall–Kier alpha value is -0.0800. The highest BCUT2D eigenvalue weighted by molar-refractivity contribution is 4.81. The van der Waals surface area contributed by atoms with Crippen LogP contribution in [0.5, 0.6) is 0 Å². The largest absolute Gasteiger partial charge is 0.371 e. The average Bonchev–Trinajstić information content (AvgIpc) is 2.86. The van der Waals surface area contributed by atoms with Crippen molar-refractivity contribution in [2.45, 2.75) is 57.6 Å². The van der Waals surface area contributed by atoms with E-state index in [0.717, 1.165) is 13.0 Å². The SMILES string of the molecule is CCCCCCCC(N)C1CO1. The van der Waals surface area contributed by atoms with Crippen LogP contribution in [-0.2, 0) is 4.74 Å². The number of nitrogens with two attached hydrogens (primary N) is 1. The first-order valence-electron chi connectivity index (χ1n) is 5.21. The Morgan fingerprint density at radius 3 is 2.58 bits per heavy atom. The second-order valence-corrected chi connectivity index (χ2v) is 3.74. The topological polar surface area (TPSA) is 38.5 Å². The van der Waals surface area contributed by atoms with Gasteiger partial charge in [0.25, 0.3) is 0 Å². The molecule has 2 heteroatoms. The molecule has 0 bridgehead atoms. The van der Waals surface area contributed by atoms with Crippen LogP contribution in [0.3, 0.4) is 0 Å². The van der Waals surface area contributed by atoms with Crippen molar-refractivity contribution in [1.29, 1.82) is 0 Å². The fourth-order valence-electron chi connectivity index (χ4n) is 1.47. The summed E-state index contributed by atoms with van der Waals surface area (Å²) in [7, 11) is 0. The van der Waals surface area contributed by atoms with Gasteiger partial charge in [-0.2, -0.15) is 0 Å². The van der Waals surface area contributed by atoms with Gasteiger partial charge in [0.1, 0.15) is 0 Å². The molecule has 0 aromatic carbocycles. The van der Waals surface area contributed by atoms with Crippen molar-refractivity contribution in [3.63, 3.8) is 0 Å². The van der Waals surface area contributed by atoms with Crippen LogP contribution in [0.1, 0.15) is 45.4 Å². The fourth-order valence-corrected chi connectivity index (χ4v) is 1.47. The Bertz CT molecular complexity index is 112. The Morgan fingerprint density at radius 2 is 2.00 bits per heavy atom. The lowest BCUT2D eigenvalue weighted by Gasteiger charge is -2.06. The molecule has 0 radical (unpaired) electrons. The van der Waals surface area contributed by atoms with Gasteiger partial charge < -0.3 is 10.5 Å². The van der Waals surface area contributed by atoms with Crippen molar-refractivity contribution in [2.75, 3.05) is 6.61 Å². The van der Waals surface area contributed by atoms with Crippen molar-refractivity contribution < 1.29 is 4.74 Å². The molecule has 12 heavy (non-hydrogen) atoms. The number of ether oxygens (including phenoxy) is 1. The zero-order chi connectivity index (χ0) is 8.81. The highest BCUT2D eigenvalue weighted by atomic mass is 16.6. The quantitative estimate of drug-likeness (QED) is 0.470. The van der Waals surface area contributed by atoms with Gasteiger partial charge in [0.15, 0.2) is 0 Å². The number of hydrogen-bond acceptors (Lipinski definition) is 2. The Kier molecular flexibility index (Phi) is 4.62. The minimum atomic E-state index is 0.312. The van der Waals surface area contributed by atoms with Crippen LogP contribution >= 0.6 is 0 Å². The average molecular weight is 171 g/mol. The minimum absolute atomic E-state index is 0.312. The molecule has 1 rings (SSSR count). The molecule has 0 aromatic heterocycles. The summed E-state index contributed by atoms with van der Waals surface area (Å²) in [6, 6.07) is 0.312. The van der Waals surface area contributed by atoms with Gasteiger partial charge in [-0.15, -0.1) is 0 Å². The molecule has 0 aromatic rings. The molecule has 0 saturated carbocycles. The van der Waals surface area contributed by atoms with Crippen LogP contribution in [0, 0.1) is 0 Å². The molecule has 1 saturated heterocycles. The van der Waals surface area contributed by atoms with Crippen molar-refractivity contribution in [3.8, 4) is 0 Å². The van der Waals surface area contributed by atoms with E-state index >= 15 is 0 Å². The van der Waals surface area contributed by atoms with E-state index in [2.05, 4.69) is 6.92 Å². The van der Waals surface area contributed by atoms with E-state index in [1.807, 2.05) is 0 Å². The Balaban J connectivity index is 1.81. The summed E-state index contributed by atoms with van der Waals surface area (Å²) in [6.45, 7) is 3.14. The second-order valence-electron chi connectivity index (χ2n) is 3.74. The van der Waals surface area contributed by atoms with Gasteiger partial charge >= 0.3 is 0 Å². The molecule has 1 fully saturated rings. The maximum atomic E-state index is 5.87. The summed E-state index contributed by atoms with van der Waals surface area (Å²) in [4.78, 5) is 0. The van der Waals surface area contributed by atoms with Crippen LogP contribution < -0.4 is 5.73 Å². The Labute approximate surface area is 75.5 Å². The predicted molar refractivity (Wildman–Crippen MR) is 51.1 cm³/mol. The van der Waals surface area contributed by atoms with E-state index in [1.165, 1.54) is 32.1 Å². The summed E-state index contributed by atoms with van der Waals surface area (Å²) in [5.74, 6) is 0. The monoisotopic (exact) mass is 171 g/mol. The third kappa shape index (κ3) is 4.07. The Morgan fingerprint density at radius 1 is 1.33 bits per heavy atom. The normalized spacial score (nSPS) is 24.0. The fraction of sp³-hybridized carbons (Fsp3) is 1.00. The third-order valence-corrected chi connectivity index (χ3v) is 2.48. The van der Waals surface area contributed by atoms with Gasteiger partial charge in [-0.3, -0.25) is 0 Å². The maximum Gasteiger partial charge on any atom is 0.0960 e. The van der Waals surface area contributed by atoms with Gasteiger partial charge in [0.2, 0.25) is 0 Å². The van der Waals surface area contributed by atoms with Gasteiger partial charge in [-0.25, -0.2) is 0 Å².